The molecule has 0 aromatic heterocycles. The second-order valence-electron chi connectivity index (χ2n) is 7.71. The van der Waals surface area contributed by atoms with Crippen molar-refractivity contribution in [2.45, 2.75) is 45.3 Å². The zero-order valence-corrected chi connectivity index (χ0v) is 13.7. The molecule has 2 bridgehead atoms. The van der Waals surface area contributed by atoms with Gasteiger partial charge in [-0.15, -0.1) is 0 Å². The van der Waals surface area contributed by atoms with Gasteiger partial charge < -0.3 is 14.5 Å². The fourth-order valence-corrected chi connectivity index (χ4v) is 3.91. The zero-order chi connectivity index (χ0) is 15.0. The third-order valence-corrected chi connectivity index (χ3v) is 5.06. The number of piperidine rings is 3. The molecule has 1 amide bonds. The van der Waals surface area contributed by atoms with Gasteiger partial charge in [0, 0.05) is 38.8 Å². The number of nitrogens with zero attached hydrogens (tertiary/aromatic N) is 3. The van der Waals surface area contributed by atoms with Crippen molar-refractivity contribution in [1.29, 1.82) is 0 Å². The molecule has 4 rings (SSSR count). The first-order valence-electron chi connectivity index (χ1n) is 8.37. The summed E-state index contributed by atoms with van der Waals surface area (Å²) in [5, 5.41) is 0. The van der Waals surface area contributed by atoms with Gasteiger partial charge >= 0.3 is 6.09 Å². The number of carbonyl (C=O) groups is 1. The van der Waals surface area contributed by atoms with Crippen LogP contribution in [0.2, 0.25) is 0 Å². The molecular formula is C16H29N3O2. The van der Waals surface area contributed by atoms with E-state index in [9.17, 15) is 4.79 Å². The number of hydrogen-bond acceptors (Lipinski definition) is 4. The highest BCUT2D eigenvalue weighted by molar-refractivity contribution is 5.68. The third kappa shape index (κ3) is 3.51. The number of amides is 1. The highest BCUT2D eigenvalue weighted by Gasteiger charge is 2.38. The first kappa shape index (κ1) is 15.1. The molecule has 120 valence electrons. The minimum atomic E-state index is -0.399. The van der Waals surface area contributed by atoms with Gasteiger partial charge in [-0.05, 0) is 52.6 Å². The van der Waals surface area contributed by atoms with Crippen LogP contribution in [0.4, 0.5) is 4.79 Å². The van der Waals surface area contributed by atoms with E-state index >= 15 is 0 Å². The van der Waals surface area contributed by atoms with E-state index in [1.165, 1.54) is 32.5 Å². The summed E-state index contributed by atoms with van der Waals surface area (Å²) in [5.41, 5.74) is -0.399. The molecule has 4 aliphatic heterocycles. The molecule has 1 atom stereocenters. The molecule has 21 heavy (non-hydrogen) atoms. The summed E-state index contributed by atoms with van der Waals surface area (Å²) < 4.78 is 5.47. The minimum Gasteiger partial charge on any atom is -0.444 e. The summed E-state index contributed by atoms with van der Waals surface area (Å²) >= 11 is 0. The van der Waals surface area contributed by atoms with Crippen LogP contribution in [0.25, 0.3) is 0 Å². The fourth-order valence-electron chi connectivity index (χ4n) is 3.91. The molecule has 5 heteroatoms. The predicted octanol–water partition coefficient (Wildman–Crippen LogP) is 1.63. The average molecular weight is 295 g/mol. The number of piperazine rings is 1. The maximum Gasteiger partial charge on any atom is 0.410 e. The molecular weight excluding hydrogens is 266 g/mol. The quantitative estimate of drug-likeness (QED) is 0.737. The summed E-state index contributed by atoms with van der Waals surface area (Å²) in [5.74, 6) is 0.878. The van der Waals surface area contributed by atoms with Crippen LogP contribution in [-0.4, -0.2) is 78.2 Å². The van der Waals surface area contributed by atoms with E-state index in [0.717, 1.165) is 32.1 Å². The fraction of sp³-hybridized carbons (Fsp3) is 0.938. The predicted molar refractivity (Wildman–Crippen MR) is 82.3 cm³/mol. The van der Waals surface area contributed by atoms with Gasteiger partial charge in [-0.1, -0.05) is 0 Å². The number of rotatable bonds is 1. The molecule has 0 saturated carbocycles. The Morgan fingerprint density at radius 1 is 1.00 bits per heavy atom. The van der Waals surface area contributed by atoms with E-state index in [0.29, 0.717) is 6.04 Å². The van der Waals surface area contributed by atoms with Crippen LogP contribution >= 0.6 is 0 Å². The van der Waals surface area contributed by atoms with Crippen molar-refractivity contribution in [2.75, 3.05) is 45.8 Å². The Kier molecular flexibility index (Phi) is 4.14. The summed E-state index contributed by atoms with van der Waals surface area (Å²) in [7, 11) is 0. The van der Waals surface area contributed by atoms with Crippen molar-refractivity contribution < 1.29 is 9.53 Å². The van der Waals surface area contributed by atoms with Crippen LogP contribution in [0.5, 0.6) is 0 Å². The lowest BCUT2D eigenvalue weighted by Crippen LogP contribution is -2.61. The minimum absolute atomic E-state index is 0.156. The highest BCUT2D eigenvalue weighted by atomic mass is 16.6. The first-order valence-corrected chi connectivity index (χ1v) is 8.37. The molecule has 4 heterocycles. The Bertz CT molecular complexity index is 377. The van der Waals surface area contributed by atoms with Crippen LogP contribution in [0.15, 0.2) is 0 Å². The van der Waals surface area contributed by atoms with Gasteiger partial charge in [0.05, 0.1) is 0 Å². The van der Waals surface area contributed by atoms with E-state index in [1.54, 1.807) is 0 Å². The Morgan fingerprint density at radius 2 is 1.62 bits per heavy atom. The van der Waals surface area contributed by atoms with Crippen LogP contribution in [0.3, 0.4) is 0 Å². The summed E-state index contributed by atoms with van der Waals surface area (Å²) in [4.78, 5) is 19.2. The first-order chi connectivity index (χ1) is 9.92. The molecule has 0 spiro atoms. The normalized spacial score (nSPS) is 34.0. The van der Waals surface area contributed by atoms with Crippen LogP contribution in [0, 0.1) is 5.92 Å². The second-order valence-corrected chi connectivity index (χ2v) is 7.71. The number of fused-ring (bicyclic) bond motifs is 3. The summed E-state index contributed by atoms with van der Waals surface area (Å²) in [6.45, 7) is 13.2. The third-order valence-electron chi connectivity index (χ3n) is 5.06. The molecule has 0 aromatic carbocycles. The number of ether oxygens (including phenoxy) is 1. The molecule has 0 aliphatic carbocycles. The molecule has 0 radical (unpaired) electrons. The van der Waals surface area contributed by atoms with Crippen LogP contribution in [0.1, 0.15) is 33.6 Å². The Balaban J connectivity index is 1.50. The van der Waals surface area contributed by atoms with Crippen molar-refractivity contribution in [3.63, 3.8) is 0 Å². The van der Waals surface area contributed by atoms with Crippen molar-refractivity contribution in [3.05, 3.63) is 0 Å². The lowest BCUT2D eigenvalue weighted by atomic mass is 9.83. The standard InChI is InChI=1S/C16H29N3O2/c1-16(2,3)21-15(20)19-10-8-18(9-11-19)14-12-17-6-4-13(14)5-7-17/h13-14H,4-12H2,1-3H3/t14-/m1/s1. The van der Waals surface area contributed by atoms with Gasteiger partial charge in [-0.25, -0.2) is 4.79 Å². The van der Waals surface area contributed by atoms with E-state index in [4.69, 9.17) is 4.74 Å². The Morgan fingerprint density at radius 3 is 2.10 bits per heavy atom. The smallest absolute Gasteiger partial charge is 0.410 e. The van der Waals surface area contributed by atoms with Crippen molar-refractivity contribution in [1.82, 2.24) is 14.7 Å². The molecule has 0 aromatic rings. The maximum absolute atomic E-state index is 12.1. The molecule has 5 nitrogen and oxygen atoms in total. The van der Waals surface area contributed by atoms with Crippen molar-refractivity contribution >= 4 is 6.09 Å². The molecule has 0 N–H and O–H groups in total. The average Bonchev–Trinajstić information content (AvgIpc) is 2.47. The van der Waals surface area contributed by atoms with Gasteiger partial charge in [0.25, 0.3) is 0 Å². The van der Waals surface area contributed by atoms with Crippen molar-refractivity contribution in [2.24, 2.45) is 5.92 Å². The molecule has 4 fully saturated rings. The van der Waals surface area contributed by atoms with E-state index in [-0.39, 0.29) is 6.09 Å². The summed E-state index contributed by atoms with van der Waals surface area (Å²) in [6, 6.07) is 0.716. The maximum atomic E-state index is 12.1. The number of carbonyl (C=O) groups excluding carboxylic acids is 1. The van der Waals surface area contributed by atoms with Gasteiger partial charge in [-0.2, -0.15) is 0 Å². The van der Waals surface area contributed by atoms with Gasteiger partial charge in [0.1, 0.15) is 5.60 Å². The topological polar surface area (TPSA) is 36.0 Å². The van der Waals surface area contributed by atoms with E-state index < -0.39 is 5.60 Å². The van der Waals surface area contributed by atoms with E-state index in [1.807, 2.05) is 25.7 Å². The zero-order valence-electron chi connectivity index (χ0n) is 13.7. The monoisotopic (exact) mass is 295 g/mol. The van der Waals surface area contributed by atoms with Gasteiger partial charge in [0.15, 0.2) is 0 Å². The molecule has 4 saturated heterocycles. The largest absolute Gasteiger partial charge is 0.444 e. The second kappa shape index (κ2) is 5.76. The van der Waals surface area contributed by atoms with Crippen LogP contribution in [-0.2, 0) is 4.74 Å². The lowest BCUT2D eigenvalue weighted by Gasteiger charge is -2.50. The van der Waals surface area contributed by atoms with E-state index in [2.05, 4.69) is 9.80 Å². The van der Waals surface area contributed by atoms with Crippen LogP contribution < -0.4 is 0 Å². The molecule has 4 aliphatic rings. The Hall–Kier alpha value is -0.810. The van der Waals surface area contributed by atoms with Crippen molar-refractivity contribution in [3.8, 4) is 0 Å². The lowest BCUT2D eigenvalue weighted by molar-refractivity contribution is -0.0240. The Labute approximate surface area is 128 Å². The van der Waals surface area contributed by atoms with Gasteiger partial charge in [-0.3, -0.25) is 4.90 Å². The number of hydrogen-bond donors (Lipinski definition) is 0. The highest BCUT2D eigenvalue weighted by Crippen LogP contribution is 2.31. The van der Waals surface area contributed by atoms with Gasteiger partial charge in [0.2, 0.25) is 0 Å². The summed E-state index contributed by atoms with van der Waals surface area (Å²) in [6.07, 6.45) is 2.56. The SMILES string of the molecule is CC(C)(C)OC(=O)N1CCN([C@@H]2CN3CCC2CC3)CC1. The molecule has 0 unspecified atom stereocenters.